The van der Waals surface area contributed by atoms with Crippen LogP contribution in [0, 0.1) is 5.82 Å². The number of nitrogens with one attached hydrogen (secondary N) is 2. The lowest BCUT2D eigenvalue weighted by atomic mass is 9.96. The van der Waals surface area contributed by atoms with E-state index in [1.165, 1.54) is 0 Å². The number of methoxy groups -OCH3 is 1. The summed E-state index contributed by atoms with van der Waals surface area (Å²) in [5.41, 5.74) is 2.54. The van der Waals surface area contributed by atoms with Crippen LogP contribution in [0.25, 0.3) is 32.8 Å². The van der Waals surface area contributed by atoms with Crippen molar-refractivity contribution in [2.75, 3.05) is 31.6 Å². The molecule has 214 valence electrons. The quantitative estimate of drug-likeness (QED) is 0.213. The van der Waals surface area contributed by atoms with E-state index in [1.807, 2.05) is 54.6 Å². The maximum atomic E-state index is 16.6. The molecular weight excluding hydrogens is 529 g/mol. The highest BCUT2D eigenvalue weighted by Crippen LogP contribution is 2.38. The lowest BCUT2D eigenvalue weighted by Gasteiger charge is -2.34. The fourth-order valence-electron chi connectivity index (χ4n) is 6.42. The Morgan fingerprint density at radius 2 is 1.74 bits per heavy atom. The highest BCUT2D eigenvalue weighted by atomic mass is 19.1. The van der Waals surface area contributed by atoms with E-state index in [9.17, 15) is 5.11 Å². The Balaban J connectivity index is 1.24. The molecule has 3 heterocycles. The van der Waals surface area contributed by atoms with Gasteiger partial charge in [0.25, 0.3) is 0 Å². The van der Waals surface area contributed by atoms with Gasteiger partial charge in [0.15, 0.2) is 5.82 Å². The van der Waals surface area contributed by atoms with Crippen LogP contribution in [0.5, 0.6) is 11.5 Å². The Kier molecular flexibility index (Phi) is 7.09. The van der Waals surface area contributed by atoms with Crippen LogP contribution in [0.15, 0.2) is 72.8 Å². The third kappa shape index (κ3) is 5.12. The molecule has 4 aromatic carbocycles. The number of hydrogen-bond acceptors (Lipinski definition) is 7. The van der Waals surface area contributed by atoms with Crippen molar-refractivity contribution in [3.8, 4) is 22.6 Å². The van der Waals surface area contributed by atoms with Crippen LogP contribution >= 0.6 is 0 Å². The first-order chi connectivity index (χ1) is 20.6. The van der Waals surface area contributed by atoms with Crippen molar-refractivity contribution in [1.29, 1.82) is 0 Å². The molecule has 2 atom stereocenters. The van der Waals surface area contributed by atoms with Gasteiger partial charge >= 0.3 is 0 Å². The molecule has 1 aromatic heterocycles. The fraction of sp³-hybridized carbons (Fsp3) is 0.294. The summed E-state index contributed by atoms with van der Waals surface area (Å²) in [5, 5.41) is 20.1. The Morgan fingerprint density at radius 1 is 0.952 bits per heavy atom. The summed E-state index contributed by atoms with van der Waals surface area (Å²) in [4.78, 5) is 12.1. The van der Waals surface area contributed by atoms with Crippen LogP contribution < -0.4 is 20.3 Å². The number of halogens is 1. The van der Waals surface area contributed by atoms with Crippen LogP contribution in [0.1, 0.15) is 24.2 Å². The number of phenolic OH excluding ortho intramolecular Hbond substituents is 1. The Hall–Kier alpha value is -4.27. The summed E-state index contributed by atoms with van der Waals surface area (Å²) in [6.07, 6.45) is 2.86. The second kappa shape index (κ2) is 11.2. The molecule has 2 aliphatic rings. The maximum Gasteiger partial charge on any atom is 0.157 e. The number of rotatable bonds is 8. The molecule has 3 N–H and O–H groups in total. The number of piperazine rings is 1. The zero-order chi connectivity index (χ0) is 28.6. The van der Waals surface area contributed by atoms with Gasteiger partial charge in [0.05, 0.1) is 7.11 Å². The zero-order valence-electron chi connectivity index (χ0n) is 23.6. The van der Waals surface area contributed by atoms with Crippen molar-refractivity contribution in [2.45, 2.75) is 37.9 Å². The molecule has 0 saturated carbocycles. The number of aromatic nitrogens is 2. The van der Waals surface area contributed by atoms with Gasteiger partial charge in [0.1, 0.15) is 28.7 Å². The minimum absolute atomic E-state index is 0.103. The molecule has 7 nitrogen and oxygen atoms in total. The van der Waals surface area contributed by atoms with Crippen molar-refractivity contribution in [3.05, 3.63) is 90.0 Å². The first-order valence-corrected chi connectivity index (χ1v) is 14.6. The van der Waals surface area contributed by atoms with E-state index >= 15 is 4.39 Å². The lowest BCUT2D eigenvalue weighted by molar-refractivity contribution is 0.414. The molecule has 2 aliphatic heterocycles. The monoisotopic (exact) mass is 563 g/mol. The molecule has 0 unspecified atom stereocenters. The lowest BCUT2D eigenvalue weighted by Crippen LogP contribution is -2.51. The van der Waals surface area contributed by atoms with Gasteiger partial charge in [-0.1, -0.05) is 42.5 Å². The number of aromatic hydroxyl groups is 1. The van der Waals surface area contributed by atoms with Crippen LogP contribution in [-0.4, -0.2) is 53.9 Å². The third-order valence-electron chi connectivity index (χ3n) is 8.50. The second-order valence-electron chi connectivity index (χ2n) is 11.3. The van der Waals surface area contributed by atoms with E-state index in [4.69, 9.17) is 14.7 Å². The minimum Gasteiger partial charge on any atom is -0.508 e. The Labute approximate surface area is 244 Å². The third-order valence-corrected chi connectivity index (χ3v) is 8.50. The molecular formula is C34H34FN5O2. The summed E-state index contributed by atoms with van der Waals surface area (Å²) in [6.45, 7) is 3.05. The molecule has 2 bridgehead atoms. The normalized spacial score (nSPS) is 18.2. The Morgan fingerprint density at radius 3 is 2.52 bits per heavy atom. The van der Waals surface area contributed by atoms with Gasteiger partial charge in [-0.3, -0.25) is 0 Å². The number of nitrogens with zero attached hydrogens (tertiary/aromatic N) is 3. The van der Waals surface area contributed by atoms with Crippen LogP contribution in [0.3, 0.4) is 0 Å². The van der Waals surface area contributed by atoms with Gasteiger partial charge in [0.2, 0.25) is 0 Å². The van der Waals surface area contributed by atoms with Crippen molar-refractivity contribution < 1.29 is 14.2 Å². The SMILES string of the molecule is COc1ccc(CNCCc2nc(N3C[C@H]4CC[C@@H](C3)N4)c3ccc(-c4cc(O)cc5ccccc45)c(F)c3n2)cc1. The van der Waals surface area contributed by atoms with Crippen LogP contribution in [0.2, 0.25) is 0 Å². The number of fused-ring (bicyclic) bond motifs is 4. The summed E-state index contributed by atoms with van der Waals surface area (Å²) in [6, 6.07) is 23.6. The van der Waals surface area contributed by atoms with Gasteiger partial charge in [-0.2, -0.15) is 0 Å². The second-order valence-corrected chi connectivity index (χ2v) is 11.3. The van der Waals surface area contributed by atoms with E-state index in [0.717, 1.165) is 59.2 Å². The van der Waals surface area contributed by atoms with E-state index in [1.54, 1.807) is 25.3 Å². The highest BCUT2D eigenvalue weighted by molar-refractivity contribution is 6.01. The smallest absolute Gasteiger partial charge is 0.157 e. The topological polar surface area (TPSA) is 82.5 Å². The summed E-state index contributed by atoms with van der Waals surface area (Å²) >= 11 is 0. The average molecular weight is 564 g/mol. The molecule has 42 heavy (non-hydrogen) atoms. The predicted octanol–water partition coefficient (Wildman–Crippen LogP) is 5.58. The van der Waals surface area contributed by atoms with Gasteiger partial charge < -0.3 is 25.4 Å². The molecule has 0 spiro atoms. The largest absolute Gasteiger partial charge is 0.508 e. The van der Waals surface area contributed by atoms with Crippen molar-refractivity contribution in [1.82, 2.24) is 20.6 Å². The average Bonchev–Trinajstić information content (AvgIpc) is 3.36. The number of phenols is 1. The maximum absolute atomic E-state index is 16.6. The number of benzene rings is 4. The van der Waals surface area contributed by atoms with E-state index in [2.05, 4.69) is 15.5 Å². The summed E-state index contributed by atoms with van der Waals surface area (Å²) in [5.74, 6) is 1.96. The molecule has 0 aliphatic carbocycles. The Bertz CT molecular complexity index is 1750. The van der Waals surface area contributed by atoms with Crippen molar-refractivity contribution in [2.24, 2.45) is 0 Å². The van der Waals surface area contributed by atoms with E-state index in [0.29, 0.717) is 54.1 Å². The summed E-state index contributed by atoms with van der Waals surface area (Å²) in [7, 11) is 1.66. The first kappa shape index (κ1) is 26.6. The van der Waals surface area contributed by atoms with Gasteiger partial charge in [-0.15, -0.1) is 0 Å². The number of hydrogen-bond donors (Lipinski definition) is 3. The van der Waals surface area contributed by atoms with Gasteiger partial charge in [-0.05, 0) is 65.1 Å². The number of ether oxygens (including phenoxy) is 1. The predicted molar refractivity (Wildman–Crippen MR) is 165 cm³/mol. The minimum atomic E-state index is -0.391. The molecule has 8 heteroatoms. The van der Waals surface area contributed by atoms with Crippen molar-refractivity contribution >= 4 is 27.5 Å². The van der Waals surface area contributed by atoms with Crippen LogP contribution in [0.4, 0.5) is 10.2 Å². The van der Waals surface area contributed by atoms with Gasteiger partial charge in [0, 0.05) is 55.6 Å². The molecule has 7 rings (SSSR count). The summed E-state index contributed by atoms with van der Waals surface area (Å²) < 4.78 is 21.8. The standard InChI is InChI=1S/C34H34FN5O2/c1-42-26-10-6-21(7-11-26)18-36-15-14-31-38-33-29(34(39-31)40-19-23-8-9-24(20-40)37-23)13-12-28(32(33)35)30-17-25(41)16-22-4-2-3-5-27(22)30/h2-7,10-13,16-17,23-24,36-37,41H,8-9,14-15,18-20H2,1H3/t23-,24+. The number of anilines is 1. The fourth-order valence-corrected chi connectivity index (χ4v) is 6.42. The first-order valence-electron chi connectivity index (χ1n) is 14.6. The molecule has 0 radical (unpaired) electrons. The van der Waals surface area contributed by atoms with Crippen molar-refractivity contribution in [3.63, 3.8) is 0 Å². The molecule has 0 amide bonds. The van der Waals surface area contributed by atoms with E-state index in [-0.39, 0.29) is 5.75 Å². The van der Waals surface area contributed by atoms with Gasteiger partial charge in [-0.25, -0.2) is 14.4 Å². The molecule has 2 saturated heterocycles. The van der Waals surface area contributed by atoms with Crippen LogP contribution in [-0.2, 0) is 13.0 Å². The zero-order valence-corrected chi connectivity index (χ0v) is 23.6. The molecule has 2 fully saturated rings. The molecule has 5 aromatic rings. The van der Waals surface area contributed by atoms with E-state index < -0.39 is 5.82 Å². The highest BCUT2D eigenvalue weighted by Gasteiger charge is 2.34.